The topological polar surface area (TPSA) is 61.6 Å². The van der Waals surface area contributed by atoms with E-state index in [1.54, 1.807) is 4.52 Å². The van der Waals surface area contributed by atoms with E-state index in [2.05, 4.69) is 44.3 Å². The van der Waals surface area contributed by atoms with Crippen molar-refractivity contribution in [1.82, 2.24) is 29.4 Å². The van der Waals surface area contributed by atoms with Crippen molar-refractivity contribution in [2.45, 2.75) is 13.0 Å². The van der Waals surface area contributed by atoms with Crippen LogP contribution < -0.4 is 5.32 Å². The van der Waals surface area contributed by atoms with Crippen LogP contribution in [0.4, 0.5) is 5.82 Å². The molecule has 1 N–H and O–H groups in total. The quantitative estimate of drug-likeness (QED) is 0.856. The first-order chi connectivity index (χ1) is 9.63. The molecule has 0 saturated carbocycles. The highest BCUT2D eigenvalue weighted by Crippen LogP contribution is 2.12. The molecule has 0 aromatic carbocycles. The molecule has 1 unspecified atom stereocenters. The van der Waals surface area contributed by atoms with Gasteiger partial charge in [0.2, 0.25) is 0 Å². The van der Waals surface area contributed by atoms with Crippen molar-refractivity contribution in [2.24, 2.45) is 0 Å². The Labute approximate surface area is 118 Å². The van der Waals surface area contributed by atoms with Gasteiger partial charge < -0.3 is 10.2 Å². The summed E-state index contributed by atoms with van der Waals surface area (Å²) in [6.45, 7) is 6.18. The minimum absolute atomic E-state index is 0.501. The van der Waals surface area contributed by atoms with Crippen molar-refractivity contribution in [2.75, 3.05) is 45.6 Å². The molecule has 0 bridgehead atoms. The summed E-state index contributed by atoms with van der Waals surface area (Å²) < 4.78 is 1.75. The predicted octanol–water partition coefficient (Wildman–Crippen LogP) is 0.0904. The Morgan fingerprint density at radius 2 is 2.20 bits per heavy atom. The first-order valence-electron chi connectivity index (χ1n) is 6.93. The number of anilines is 1. The third-order valence-corrected chi connectivity index (χ3v) is 3.88. The lowest BCUT2D eigenvalue weighted by molar-refractivity contribution is 0.122. The lowest BCUT2D eigenvalue weighted by Crippen LogP contribution is -2.52. The molecule has 2 aromatic rings. The molecule has 1 aliphatic heterocycles. The Morgan fingerprint density at radius 3 is 3.05 bits per heavy atom. The molecule has 0 amide bonds. The molecule has 3 heterocycles. The molecule has 1 fully saturated rings. The van der Waals surface area contributed by atoms with E-state index in [0.717, 1.165) is 37.7 Å². The van der Waals surface area contributed by atoms with Crippen LogP contribution in [0.2, 0.25) is 0 Å². The first-order valence-corrected chi connectivity index (χ1v) is 6.93. The molecule has 0 aliphatic carbocycles. The van der Waals surface area contributed by atoms with Gasteiger partial charge in [-0.2, -0.15) is 14.6 Å². The Bertz CT molecular complexity index is 593. The van der Waals surface area contributed by atoms with Crippen molar-refractivity contribution >= 4 is 11.6 Å². The van der Waals surface area contributed by atoms with Crippen LogP contribution in [-0.4, -0.2) is 75.7 Å². The monoisotopic (exact) mass is 275 g/mol. The first kappa shape index (κ1) is 13.3. The number of nitrogens with one attached hydrogen (secondary N) is 1. The van der Waals surface area contributed by atoms with Crippen molar-refractivity contribution < 1.29 is 0 Å². The van der Waals surface area contributed by atoms with Gasteiger partial charge in [-0.25, -0.2) is 4.98 Å². The minimum atomic E-state index is 0.501. The maximum Gasteiger partial charge on any atom is 0.254 e. The summed E-state index contributed by atoms with van der Waals surface area (Å²) in [7, 11) is 4.36. The number of likely N-dealkylation sites (N-methyl/N-ethyl adjacent to an activating group) is 2. The summed E-state index contributed by atoms with van der Waals surface area (Å²) >= 11 is 0. The fourth-order valence-corrected chi connectivity index (χ4v) is 2.60. The molecular weight excluding hydrogens is 254 g/mol. The largest absolute Gasteiger partial charge is 0.368 e. The maximum absolute atomic E-state index is 4.35. The predicted molar refractivity (Wildman–Crippen MR) is 77.9 cm³/mol. The summed E-state index contributed by atoms with van der Waals surface area (Å²) in [4.78, 5) is 13.3. The van der Waals surface area contributed by atoms with Gasteiger partial charge in [-0.05, 0) is 21.0 Å². The zero-order valence-electron chi connectivity index (χ0n) is 12.2. The molecule has 7 nitrogen and oxygen atoms in total. The maximum atomic E-state index is 4.35. The summed E-state index contributed by atoms with van der Waals surface area (Å²) in [6.07, 6.45) is 1.54. The van der Waals surface area contributed by atoms with E-state index in [9.17, 15) is 0 Å². The van der Waals surface area contributed by atoms with E-state index >= 15 is 0 Å². The number of rotatable bonds is 3. The molecule has 7 heteroatoms. The highest BCUT2D eigenvalue weighted by molar-refractivity contribution is 5.44. The number of nitrogens with zero attached hydrogens (tertiary/aromatic N) is 6. The molecule has 20 heavy (non-hydrogen) atoms. The molecule has 0 spiro atoms. The van der Waals surface area contributed by atoms with Crippen LogP contribution in [0.15, 0.2) is 12.4 Å². The van der Waals surface area contributed by atoms with Gasteiger partial charge in [0.25, 0.3) is 5.78 Å². The van der Waals surface area contributed by atoms with Gasteiger partial charge in [0.15, 0.2) is 0 Å². The van der Waals surface area contributed by atoms with Crippen LogP contribution in [0.1, 0.15) is 5.69 Å². The summed E-state index contributed by atoms with van der Waals surface area (Å²) in [5.41, 5.74) is 0.946. The Morgan fingerprint density at radius 1 is 1.35 bits per heavy atom. The van der Waals surface area contributed by atoms with Crippen LogP contribution in [0, 0.1) is 6.92 Å². The molecule has 1 atom stereocenters. The molecule has 3 rings (SSSR count). The smallest absolute Gasteiger partial charge is 0.254 e. The number of fused-ring (bicyclic) bond motifs is 1. The third-order valence-electron chi connectivity index (χ3n) is 3.88. The summed E-state index contributed by atoms with van der Waals surface area (Å²) in [5, 5.41) is 7.70. The average Bonchev–Trinajstić information content (AvgIpc) is 2.87. The standard InChI is InChI=1S/C13H21N7/c1-10-6-12(20-13(17-10)15-9-16-20)14-7-11-8-18(2)4-5-19(11)3/h6,9,11,14H,4-5,7-8H2,1-3H3. The lowest BCUT2D eigenvalue weighted by Gasteiger charge is -2.37. The number of aromatic nitrogens is 4. The second kappa shape index (κ2) is 5.34. The highest BCUT2D eigenvalue weighted by Gasteiger charge is 2.22. The number of hydrogen-bond acceptors (Lipinski definition) is 6. The lowest BCUT2D eigenvalue weighted by atomic mass is 10.2. The van der Waals surface area contributed by atoms with Crippen LogP contribution >= 0.6 is 0 Å². The van der Waals surface area contributed by atoms with E-state index in [1.165, 1.54) is 6.33 Å². The molecule has 1 aliphatic rings. The van der Waals surface area contributed by atoms with Gasteiger partial charge in [-0.3, -0.25) is 4.90 Å². The fraction of sp³-hybridized carbons (Fsp3) is 0.615. The SMILES string of the molecule is Cc1cc(NCC2CN(C)CCN2C)n2ncnc2n1. The second-order valence-corrected chi connectivity index (χ2v) is 5.53. The van der Waals surface area contributed by atoms with Gasteiger partial charge in [0.1, 0.15) is 12.1 Å². The van der Waals surface area contributed by atoms with Crippen molar-refractivity contribution in [3.63, 3.8) is 0 Å². The van der Waals surface area contributed by atoms with E-state index < -0.39 is 0 Å². The highest BCUT2D eigenvalue weighted by atomic mass is 15.4. The molecule has 2 aromatic heterocycles. The van der Waals surface area contributed by atoms with E-state index in [0.29, 0.717) is 11.8 Å². The van der Waals surface area contributed by atoms with E-state index in [-0.39, 0.29) is 0 Å². The molecule has 108 valence electrons. The Balaban J connectivity index is 1.74. The number of hydrogen-bond donors (Lipinski definition) is 1. The van der Waals surface area contributed by atoms with Crippen molar-refractivity contribution in [1.29, 1.82) is 0 Å². The van der Waals surface area contributed by atoms with Crippen LogP contribution in [0.3, 0.4) is 0 Å². The zero-order valence-corrected chi connectivity index (χ0v) is 12.2. The second-order valence-electron chi connectivity index (χ2n) is 5.53. The van der Waals surface area contributed by atoms with Crippen LogP contribution in [0.25, 0.3) is 5.78 Å². The van der Waals surface area contributed by atoms with Crippen molar-refractivity contribution in [3.05, 3.63) is 18.1 Å². The Kier molecular flexibility index (Phi) is 3.54. The van der Waals surface area contributed by atoms with Gasteiger partial charge in [0, 0.05) is 44.0 Å². The van der Waals surface area contributed by atoms with E-state index in [1.807, 2.05) is 13.0 Å². The molecule has 0 radical (unpaired) electrons. The van der Waals surface area contributed by atoms with Crippen LogP contribution in [-0.2, 0) is 0 Å². The van der Waals surface area contributed by atoms with E-state index in [4.69, 9.17) is 0 Å². The fourth-order valence-electron chi connectivity index (χ4n) is 2.60. The zero-order chi connectivity index (χ0) is 14.1. The normalized spacial score (nSPS) is 21.4. The van der Waals surface area contributed by atoms with Gasteiger partial charge in [-0.1, -0.05) is 0 Å². The average molecular weight is 275 g/mol. The summed E-state index contributed by atoms with van der Waals surface area (Å²) in [6, 6.07) is 2.51. The Hall–Kier alpha value is -1.73. The van der Waals surface area contributed by atoms with Crippen LogP contribution in [0.5, 0.6) is 0 Å². The third kappa shape index (κ3) is 2.59. The molecular formula is C13H21N7. The number of piperazine rings is 1. The summed E-state index contributed by atoms with van der Waals surface area (Å²) in [5.74, 6) is 1.59. The minimum Gasteiger partial charge on any atom is -0.368 e. The van der Waals surface area contributed by atoms with Gasteiger partial charge >= 0.3 is 0 Å². The number of aryl methyl sites for hydroxylation is 1. The molecule has 1 saturated heterocycles. The van der Waals surface area contributed by atoms with Gasteiger partial charge in [0.05, 0.1) is 0 Å². The van der Waals surface area contributed by atoms with Crippen molar-refractivity contribution in [3.8, 4) is 0 Å². The van der Waals surface area contributed by atoms with Gasteiger partial charge in [-0.15, -0.1) is 0 Å².